The first-order valence-corrected chi connectivity index (χ1v) is 11.8. The molecule has 10 heteroatoms. The van der Waals surface area contributed by atoms with Gasteiger partial charge in [0.05, 0.1) is 22.9 Å². The fourth-order valence-corrected chi connectivity index (χ4v) is 5.67. The Morgan fingerprint density at radius 2 is 1.93 bits per heavy atom. The molecule has 1 saturated heterocycles. The monoisotopic (exact) mass is 490 g/mol. The molecule has 0 radical (unpaired) electrons. The summed E-state index contributed by atoms with van der Waals surface area (Å²) in [6, 6.07) is 9.38. The van der Waals surface area contributed by atoms with Gasteiger partial charge in [0, 0.05) is 29.7 Å². The summed E-state index contributed by atoms with van der Waals surface area (Å²) < 4.78 is 32.5. The lowest BCUT2D eigenvalue weighted by Gasteiger charge is -2.31. The number of carbonyl (C=O) groups excluding carboxylic acids is 1. The predicted molar refractivity (Wildman–Crippen MR) is 118 cm³/mol. The lowest BCUT2D eigenvalue weighted by molar-refractivity contribution is -0.126. The molecule has 2 aromatic rings. The third-order valence-electron chi connectivity index (χ3n) is 4.98. The second kappa shape index (κ2) is 9.75. The number of benzene rings is 2. The fourth-order valence-electron chi connectivity index (χ4n) is 3.32. The van der Waals surface area contributed by atoms with Crippen LogP contribution in [0.2, 0.25) is 15.1 Å². The number of rotatable bonds is 6. The van der Waals surface area contributed by atoms with E-state index in [1.807, 2.05) is 0 Å². The van der Waals surface area contributed by atoms with E-state index < -0.39 is 15.9 Å². The molecule has 1 heterocycles. The maximum absolute atomic E-state index is 13.0. The summed E-state index contributed by atoms with van der Waals surface area (Å²) in [5, 5.41) is 4.03. The predicted octanol–water partition coefficient (Wildman–Crippen LogP) is 4.37. The SMILES string of the molecule is COc1ccc(S(=O)(=O)N2CCC[C@H](C(=O)NCc3ccc(Cl)cc3Cl)C2)cc1Cl. The van der Waals surface area contributed by atoms with Gasteiger partial charge < -0.3 is 10.1 Å². The van der Waals surface area contributed by atoms with E-state index >= 15 is 0 Å². The number of nitrogens with one attached hydrogen (secondary N) is 1. The molecule has 30 heavy (non-hydrogen) atoms. The average Bonchev–Trinajstić information content (AvgIpc) is 2.73. The van der Waals surface area contributed by atoms with Gasteiger partial charge in [-0.15, -0.1) is 0 Å². The Balaban J connectivity index is 1.68. The fraction of sp³-hybridized carbons (Fsp3) is 0.350. The molecule has 0 aliphatic carbocycles. The van der Waals surface area contributed by atoms with Gasteiger partial charge in [0.15, 0.2) is 0 Å². The van der Waals surface area contributed by atoms with Crippen molar-refractivity contribution in [3.8, 4) is 5.75 Å². The molecular formula is C20H21Cl3N2O4S. The molecule has 0 bridgehead atoms. The Morgan fingerprint density at radius 3 is 2.60 bits per heavy atom. The van der Waals surface area contributed by atoms with Crippen LogP contribution in [0.4, 0.5) is 0 Å². The van der Waals surface area contributed by atoms with Crippen LogP contribution < -0.4 is 10.1 Å². The van der Waals surface area contributed by atoms with Crippen LogP contribution in [-0.2, 0) is 21.4 Å². The zero-order valence-electron chi connectivity index (χ0n) is 16.2. The highest BCUT2D eigenvalue weighted by atomic mass is 35.5. The zero-order valence-corrected chi connectivity index (χ0v) is 19.3. The maximum Gasteiger partial charge on any atom is 0.243 e. The molecule has 0 saturated carbocycles. The molecule has 1 aliphatic rings. The Hall–Kier alpha value is -1.51. The Morgan fingerprint density at radius 1 is 1.17 bits per heavy atom. The van der Waals surface area contributed by atoms with E-state index in [9.17, 15) is 13.2 Å². The Kier molecular flexibility index (Phi) is 7.52. The number of piperidine rings is 1. The number of carbonyl (C=O) groups is 1. The van der Waals surface area contributed by atoms with Crippen LogP contribution in [0.1, 0.15) is 18.4 Å². The first-order chi connectivity index (χ1) is 14.2. The van der Waals surface area contributed by atoms with Gasteiger partial charge in [0.2, 0.25) is 15.9 Å². The van der Waals surface area contributed by atoms with Gasteiger partial charge in [-0.2, -0.15) is 4.31 Å². The lowest BCUT2D eigenvalue weighted by Crippen LogP contribution is -2.45. The number of ether oxygens (including phenoxy) is 1. The average molecular weight is 492 g/mol. The largest absolute Gasteiger partial charge is 0.495 e. The maximum atomic E-state index is 13.0. The summed E-state index contributed by atoms with van der Waals surface area (Å²) in [4.78, 5) is 12.7. The summed E-state index contributed by atoms with van der Waals surface area (Å²) in [6.45, 7) is 0.692. The van der Waals surface area contributed by atoms with Crippen LogP contribution >= 0.6 is 34.8 Å². The lowest BCUT2D eigenvalue weighted by atomic mass is 9.99. The van der Waals surface area contributed by atoms with E-state index in [0.717, 1.165) is 5.56 Å². The van der Waals surface area contributed by atoms with Gasteiger partial charge >= 0.3 is 0 Å². The Bertz CT molecular complexity index is 1050. The van der Waals surface area contributed by atoms with E-state index in [0.29, 0.717) is 35.2 Å². The van der Waals surface area contributed by atoms with Crippen LogP contribution in [0.3, 0.4) is 0 Å². The van der Waals surface area contributed by atoms with E-state index in [4.69, 9.17) is 39.5 Å². The highest BCUT2D eigenvalue weighted by Crippen LogP contribution is 2.30. The molecule has 1 aliphatic heterocycles. The normalized spacial score (nSPS) is 17.5. The highest BCUT2D eigenvalue weighted by molar-refractivity contribution is 7.89. The molecule has 0 spiro atoms. The van der Waals surface area contributed by atoms with Crippen molar-refractivity contribution in [1.82, 2.24) is 9.62 Å². The first-order valence-electron chi connectivity index (χ1n) is 9.27. The van der Waals surface area contributed by atoms with Crippen molar-refractivity contribution in [3.63, 3.8) is 0 Å². The van der Waals surface area contributed by atoms with Crippen LogP contribution in [0.15, 0.2) is 41.3 Å². The molecule has 162 valence electrons. The summed E-state index contributed by atoms with van der Waals surface area (Å²) in [5.74, 6) is -0.269. The molecule has 6 nitrogen and oxygen atoms in total. The van der Waals surface area contributed by atoms with Crippen molar-refractivity contribution < 1.29 is 17.9 Å². The minimum absolute atomic E-state index is 0.0716. The number of halogens is 3. The number of hydrogen-bond acceptors (Lipinski definition) is 4. The van der Waals surface area contributed by atoms with Crippen molar-refractivity contribution in [2.75, 3.05) is 20.2 Å². The topological polar surface area (TPSA) is 75.7 Å². The number of nitrogens with zero attached hydrogens (tertiary/aromatic N) is 1. The smallest absolute Gasteiger partial charge is 0.243 e. The van der Waals surface area contributed by atoms with Crippen molar-refractivity contribution in [2.45, 2.75) is 24.3 Å². The van der Waals surface area contributed by atoms with Crippen molar-refractivity contribution in [2.24, 2.45) is 5.92 Å². The third kappa shape index (κ3) is 5.21. The Labute approximate surface area is 191 Å². The minimum Gasteiger partial charge on any atom is -0.495 e. The molecule has 0 unspecified atom stereocenters. The molecule has 2 aromatic carbocycles. The summed E-state index contributed by atoms with van der Waals surface area (Å²) in [7, 11) is -2.32. The molecule has 3 rings (SSSR count). The van der Waals surface area contributed by atoms with Gasteiger partial charge in [0.1, 0.15) is 5.75 Å². The third-order valence-corrected chi connectivity index (χ3v) is 7.73. The van der Waals surface area contributed by atoms with Crippen molar-refractivity contribution >= 4 is 50.7 Å². The zero-order chi connectivity index (χ0) is 21.9. The quantitative estimate of drug-likeness (QED) is 0.651. The number of amides is 1. The molecule has 1 N–H and O–H groups in total. The van der Waals surface area contributed by atoms with Crippen LogP contribution in [0, 0.1) is 5.92 Å². The molecule has 1 amide bonds. The van der Waals surface area contributed by atoms with Gasteiger partial charge in [-0.25, -0.2) is 8.42 Å². The first kappa shape index (κ1) is 23.2. The van der Waals surface area contributed by atoms with Gasteiger partial charge in [-0.1, -0.05) is 40.9 Å². The molecular weight excluding hydrogens is 471 g/mol. The summed E-state index contributed by atoms with van der Waals surface area (Å²) in [6.07, 6.45) is 1.19. The van der Waals surface area contributed by atoms with E-state index in [1.54, 1.807) is 18.2 Å². The number of hydrogen-bond donors (Lipinski definition) is 1. The van der Waals surface area contributed by atoms with Crippen molar-refractivity contribution in [1.29, 1.82) is 0 Å². The van der Waals surface area contributed by atoms with Gasteiger partial charge in [0.25, 0.3) is 0 Å². The highest BCUT2D eigenvalue weighted by Gasteiger charge is 2.33. The number of methoxy groups -OCH3 is 1. The summed E-state index contributed by atoms with van der Waals surface area (Å²) >= 11 is 18.1. The van der Waals surface area contributed by atoms with Crippen LogP contribution in [0.25, 0.3) is 0 Å². The van der Waals surface area contributed by atoms with Gasteiger partial charge in [-0.05, 0) is 48.7 Å². The van der Waals surface area contributed by atoms with Crippen LogP contribution in [-0.4, -0.2) is 38.8 Å². The number of sulfonamides is 1. The standard InChI is InChI=1S/C20H21Cl3N2O4S/c1-29-19-7-6-16(10-18(19)23)30(27,28)25-8-2-3-14(12-25)20(26)24-11-13-4-5-15(21)9-17(13)22/h4-7,9-10,14H,2-3,8,11-12H2,1H3,(H,24,26)/t14-/m0/s1. The van der Waals surface area contributed by atoms with E-state index in [1.165, 1.54) is 29.6 Å². The van der Waals surface area contributed by atoms with E-state index in [-0.39, 0.29) is 28.9 Å². The van der Waals surface area contributed by atoms with Gasteiger partial charge in [-0.3, -0.25) is 4.79 Å². The molecule has 1 fully saturated rings. The van der Waals surface area contributed by atoms with E-state index in [2.05, 4.69) is 5.32 Å². The second-order valence-electron chi connectivity index (χ2n) is 6.95. The second-order valence-corrected chi connectivity index (χ2v) is 10.1. The summed E-state index contributed by atoms with van der Waals surface area (Å²) in [5.41, 5.74) is 0.738. The van der Waals surface area contributed by atoms with Crippen molar-refractivity contribution in [3.05, 3.63) is 57.0 Å². The van der Waals surface area contributed by atoms with Crippen LogP contribution in [0.5, 0.6) is 5.75 Å². The minimum atomic E-state index is -3.78. The molecule has 1 atom stereocenters. The molecule has 0 aromatic heterocycles.